The lowest BCUT2D eigenvalue weighted by atomic mass is 10.1. The molecule has 1 heterocycles. The summed E-state index contributed by atoms with van der Waals surface area (Å²) >= 11 is 7.56. The molecule has 1 N–H and O–H groups in total. The summed E-state index contributed by atoms with van der Waals surface area (Å²) in [5.74, 6) is 1.05. The predicted octanol–water partition coefficient (Wildman–Crippen LogP) is 5.93. The van der Waals surface area contributed by atoms with Gasteiger partial charge in [-0.25, -0.2) is 0 Å². The van der Waals surface area contributed by atoms with E-state index in [4.69, 9.17) is 16.3 Å². The van der Waals surface area contributed by atoms with Crippen LogP contribution in [-0.4, -0.2) is 29.1 Å². The van der Waals surface area contributed by atoms with E-state index in [0.717, 1.165) is 11.1 Å². The van der Waals surface area contributed by atoms with Gasteiger partial charge in [-0.3, -0.25) is 9.59 Å². The van der Waals surface area contributed by atoms with Gasteiger partial charge < -0.3 is 15.0 Å². The van der Waals surface area contributed by atoms with Crippen LogP contribution in [-0.2, 0) is 11.3 Å². The Balaban J connectivity index is 1.41. The van der Waals surface area contributed by atoms with Gasteiger partial charge in [0, 0.05) is 22.8 Å². The molecule has 1 aliphatic rings. The van der Waals surface area contributed by atoms with Crippen LogP contribution in [0.4, 0.5) is 5.69 Å². The number of hydrogen-bond acceptors (Lipinski definition) is 4. The van der Waals surface area contributed by atoms with E-state index >= 15 is 0 Å². The van der Waals surface area contributed by atoms with E-state index in [1.807, 2.05) is 41.3 Å². The molecular weight excluding hydrogens is 456 g/mol. The summed E-state index contributed by atoms with van der Waals surface area (Å²) < 4.78 is 5.45. The molecule has 3 aromatic rings. The number of carbonyl (C=O) groups excluding carboxylic acids is 2. The van der Waals surface area contributed by atoms with Gasteiger partial charge in [0.25, 0.3) is 5.91 Å². The smallest absolute Gasteiger partial charge is 0.255 e. The molecular formula is C26H23ClN2O3S. The van der Waals surface area contributed by atoms with E-state index in [9.17, 15) is 9.59 Å². The molecule has 0 bridgehead atoms. The number of nitrogens with one attached hydrogen (secondary N) is 1. The lowest BCUT2D eigenvalue weighted by Crippen LogP contribution is -2.27. The number of rotatable bonds is 8. The third-order valence-corrected chi connectivity index (χ3v) is 6.68. The van der Waals surface area contributed by atoms with Crippen molar-refractivity contribution in [1.82, 2.24) is 4.90 Å². The Morgan fingerprint density at radius 1 is 1.09 bits per heavy atom. The van der Waals surface area contributed by atoms with E-state index in [-0.39, 0.29) is 17.2 Å². The van der Waals surface area contributed by atoms with Gasteiger partial charge in [0.05, 0.1) is 5.75 Å². The second kappa shape index (κ2) is 10.6. The molecule has 168 valence electrons. The topological polar surface area (TPSA) is 58.6 Å². The van der Waals surface area contributed by atoms with Crippen LogP contribution in [0.15, 0.2) is 85.5 Å². The highest BCUT2D eigenvalue weighted by Gasteiger charge is 2.32. The highest BCUT2D eigenvalue weighted by atomic mass is 35.5. The van der Waals surface area contributed by atoms with Gasteiger partial charge in [-0.05, 0) is 59.7 Å². The molecule has 1 atom stereocenters. The van der Waals surface area contributed by atoms with Crippen molar-refractivity contribution in [2.45, 2.75) is 11.9 Å². The fraction of sp³-hybridized carbons (Fsp3) is 0.154. The standard InChI is InChI=1S/C26H23ClN2O3S/c1-2-15-32-23-13-11-22(12-14-23)28-25(31)19-5-7-20(8-6-19)26-29(24(30)17-33-26)16-18-3-9-21(27)10-4-18/h2-14,26H,1,15-17H2,(H,28,31)/t26-/m0/s1. The number of halogens is 1. The molecule has 3 aromatic carbocycles. The zero-order chi connectivity index (χ0) is 23.2. The minimum Gasteiger partial charge on any atom is -0.490 e. The average Bonchev–Trinajstić information content (AvgIpc) is 3.20. The van der Waals surface area contributed by atoms with Crippen LogP contribution in [0, 0.1) is 0 Å². The monoisotopic (exact) mass is 478 g/mol. The summed E-state index contributed by atoms with van der Waals surface area (Å²) in [5, 5.41) is 3.47. The Bertz CT molecular complexity index is 1130. The lowest BCUT2D eigenvalue weighted by molar-refractivity contribution is -0.128. The van der Waals surface area contributed by atoms with E-state index in [1.54, 1.807) is 54.2 Å². The Morgan fingerprint density at radius 2 is 1.79 bits per heavy atom. The van der Waals surface area contributed by atoms with Crippen molar-refractivity contribution < 1.29 is 14.3 Å². The molecule has 0 unspecified atom stereocenters. The Kier molecular flexibility index (Phi) is 7.37. The first-order chi connectivity index (χ1) is 16.0. The maximum Gasteiger partial charge on any atom is 0.255 e. The number of ether oxygens (including phenoxy) is 1. The summed E-state index contributed by atoms with van der Waals surface area (Å²) in [7, 11) is 0. The zero-order valence-corrected chi connectivity index (χ0v) is 19.4. The summed E-state index contributed by atoms with van der Waals surface area (Å²) in [6.45, 7) is 4.57. The molecule has 33 heavy (non-hydrogen) atoms. The summed E-state index contributed by atoms with van der Waals surface area (Å²) in [6, 6.07) is 22.1. The van der Waals surface area contributed by atoms with Crippen LogP contribution in [0.25, 0.3) is 0 Å². The first kappa shape index (κ1) is 23.0. The molecule has 0 spiro atoms. The Labute approximate surface area is 202 Å². The molecule has 1 saturated heterocycles. The fourth-order valence-electron chi connectivity index (χ4n) is 3.48. The van der Waals surface area contributed by atoms with Crippen molar-refractivity contribution in [2.75, 3.05) is 17.7 Å². The van der Waals surface area contributed by atoms with Gasteiger partial charge in [-0.15, -0.1) is 11.8 Å². The number of hydrogen-bond donors (Lipinski definition) is 1. The van der Waals surface area contributed by atoms with Crippen molar-refractivity contribution in [3.63, 3.8) is 0 Å². The largest absolute Gasteiger partial charge is 0.490 e. The van der Waals surface area contributed by atoms with Crippen LogP contribution in [0.3, 0.4) is 0 Å². The third-order valence-electron chi connectivity index (χ3n) is 5.17. The van der Waals surface area contributed by atoms with Crippen LogP contribution in [0.5, 0.6) is 5.75 Å². The van der Waals surface area contributed by atoms with Gasteiger partial charge in [-0.2, -0.15) is 0 Å². The minimum atomic E-state index is -0.200. The highest BCUT2D eigenvalue weighted by Crippen LogP contribution is 2.39. The van der Waals surface area contributed by atoms with Gasteiger partial charge in [0.2, 0.25) is 5.91 Å². The maximum atomic E-state index is 12.7. The number of thioether (sulfide) groups is 1. The molecule has 2 amide bonds. The van der Waals surface area contributed by atoms with Crippen LogP contribution >= 0.6 is 23.4 Å². The van der Waals surface area contributed by atoms with Gasteiger partial charge >= 0.3 is 0 Å². The molecule has 0 aliphatic carbocycles. The average molecular weight is 479 g/mol. The highest BCUT2D eigenvalue weighted by molar-refractivity contribution is 8.00. The summed E-state index contributed by atoms with van der Waals surface area (Å²) in [4.78, 5) is 27.0. The van der Waals surface area contributed by atoms with Crippen molar-refractivity contribution in [2.24, 2.45) is 0 Å². The van der Waals surface area contributed by atoms with E-state index in [0.29, 0.717) is 40.9 Å². The van der Waals surface area contributed by atoms with Gasteiger partial charge in [0.15, 0.2) is 0 Å². The van der Waals surface area contributed by atoms with Crippen molar-refractivity contribution in [1.29, 1.82) is 0 Å². The SMILES string of the molecule is C=CCOc1ccc(NC(=O)c2ccc([C@@H]3SCC(=O)N3Cc3ccc(Cl)cc3)cc2)cc1. The van der Waals surface area contributed by atoms with Crippen LogP contribution in [0.2, 0.25) is 5.02 Å². The number of amides is 2. The first-order valence-corrected chi connectivity index (χ1v) is 11.9. The molecule has 1 fully saturated rings. The second-order valence-corrected chi connectivity index (χ2v) is 9.02. The zero-order valence-electron chi connectivity index (χ0n) is 17.9. The number of carbonyl (C=O) groups is 2. The number of nitrogens with zero attached hydrogens (tertiary/aromatic N) is 1. The van der Waals surface area contributed by atoms with E-state index < -0.39 is 0 Å². The van der Waals surface area contributed by atoms with Crippen molar-refractivity contribution >= 4 is 40.9 Å². The molecule has 1 aliphatic heterocycles. The molecule has 0 radical (unpaired) electrons. The van der Waals surface area contributed by atoms with E-state index in [2.05, 4.69) is 11.9 Å². The van der Waals surface area contributed by atoms with Crippen molar-refractivity contribution in [3.05, 3.63) is 107 Å². The Hall–Kier alpha value is -3.22. The van der Waals surface area contributed by atoms with E-state index in [1.165, 1.54) is 0 Å². The normalized spacial score (nSPS) is 15.4. The van der Waals surface area contributed by atoms with Crippen molar-refractivity contribution in [3.8, 4) is 5.75 Å². The summed E-state index contributed by atoms with van der Waals surface area (Å²) in [6.07, 6.45) is 1.68. The second-order valence-electron chi connectivity index (χ2n) is 7.51. The molecule has 4 rings (SSSR count). The number of anilines is 1. The molecule has 0 saturated carbocycles. The molecule has 0 aromatic heterocycles. The lowest BCUT2D eigenvalue weighted by Gasteiger charge is -2.24. The fourth-order valence-corrected chi connectivity index (χ4v) is 4.79. The first-order valence-electron chi connectivity index (χ1n) is 10.4. The minimum absolute atomic E-state index is 0.0894. The third kappa shape index (κ3) is 5.78. The van der Waals surface area contributed by atoms with Gasteiger partial charge in [0.1, 0.15) is 17.7 Å². The molecule has 5 nitrogen and oxygen atoms in total. The van der Waals surface area contributed by atoms with Crippen LogP contribution in [0.1, 0.15) is 26.9 Å². The Morgan fingerprint density at radius 3 is 2.45 bits per heavy atom. The summed E-state index contributed by atoms with van der Waals surface area (Å²) in [5.41, 5.74) is 3.24. The maximum absolute atomic E-state index is 12.7. The predicted molar refractivity (Wildman–Crippen MR) is 134 cm³/mol. The van der Waals surface area contributed by atoms with Crippen LogP contribution < -0.4 is 10.1 Å². The number of benzene rings is 3. The quantitative estimate of drug-likeness (QED) is 0.407. The molecule has 7 heteroatoms. The van der Waals surface area contributed by atoms with Gasteiger partial charge in [-0.1, -0.05) is 48.5 Å².